The summed E-state index contributed by atoms with van der Waals surface area (Å²) in [6.07, 6.45) is 0. The Morgan fingerprint density at radius 3 is 1.53 bits per heavy atom. The summed E-state index contributed by atoms with van der Waals surface area (Å²) in [6, 6.07) is 8.52. The Hall–Kier alpha value is -6.18. The molecule has 0 bridgehead atoms. The summed E-state index contributed by atoms with van der Waals surface area (Å²) >= 11 is 0. The van der Waals surface area contributed by atoms with E-state index in [1.165, 1.54) is 18.2 Å². The predicted molar refractivity (Wildman–Crippen MR) is 198 cm³/mol. The summed E-state index contributed by atoms with van der Waals surface area (Å²) in [5.74, 6) is 0.0500. The van der Waals surface area contributed by atoms with Crippen molar-refractivity contribution in [3.63, 3.8) is 0 Å². The number of rotatable bonds is 5. The van der Waals surface area contributed by atoms with Crippen LogP contribution in [0.15, 0.2) is 186 Å². The van der Waals surface area contributed by atoms with Crippen molar-refractivity contribution in [3.05, 3.63) is 182 Å². The number of hydrogen-bond acceptors (Lipinski definition) is 1. The number of fused-ring (bicyclic) bond motifs is 3. The molecule has 9 rings (SSSR count). The number of benzene rings is 8. The first kappa shape index (κ1) is 14.5. The van der Waals surface area contributed by atoms with Gasteiger partial charge < -0.3 is 4.42 Å². The van der Waals surface area contributed by atoms with E-state index in [1.807, 2.05) is 36.4 Å². The molecular formula is C46H30O. The van der Waals surface area contributed by atoms with E-state index in [4.69, 9.17) is 23.6 Å². The normalized spacial score (nSPS) is 16.8. The molecule has 9 aromatic rings. The van der Waals surface area contributed by atoms with Gasteiger partial charge in [-0.05, 0) is 73.1 Å². The van der Waals surface area contributed by atoms with Gasteiger partial charge in [0.1, 0.15) is 11.3 Å². The second-order valence-corrected chi connectivity index (χ2v) is 10.7. The molecule has 8 aromatic carbocycles. The van der Waals surface area contributed by atoms with Gasteiger partial charge in [-0.3, -0.25) is 0 Å². The van der Waals surface area contributed by atoms with Crippen LogP contribution in [-0.4, -0.2) is 0 Å². The first-order valence-electron chi connectivity index (χ1n) is 23.6. The van der Waals surface area contributed by atoms with Gasteiger partial charge in [0, 0.05) is 22.1 Å². The molecule has 47 heavy (non-hydrogen) atoms. The van der Waals surface area contributed by atoms with Crippen molar-refractivity contribution < 1.29 is 29.1 Å². The Morgan fingerprint density at radius 2 is 0.872 bits per heavy atom. The van der Waals surface area contributed by atoms with Crippen LogP contribution in [-0.2, 0) is 0 Å². The molecule has 0 saturated heterocycles. The summed E-state index contributed by atoms with van der Waals surface area (Å²) < 4.78 is 166. The van der Waals surface area contributed by atoms with Crippen LogP contribution < -0.4 is 0 Å². The molecule has 0 aliphatic rings. The second-order valence-electron chi connectivity index (χ2n) is 10.7. The van der Waals surface area contributed by atoms with Gasteiger partial charge >= 0.3 is 0 Å². The molecule has 1 heteroatoms. The van der Waals surface area contributed by atoms with Crippen molar-refractivity contribution in [3.8, 4) is 55.8 Å². The molecular weight excluding hydrogens is 569 g/mol. The smallest absolute Gasteiger partial charge is 0.143 e. The zero-order valence-electron chi connectivity index (χ0n) is 42.3. The van der Waals surface area contributed by atoms with Crippen LogP contribution in [0, 0.1) is 0 Å². The molecule has 220 valence electrons. The van der Waals surface area contributed by atoms with Crippen LogP contribution in [0.4, 0.5) is 0 Å². The van der Waals surface area contributed by atoms with E-state index in [-0.39, 0.29) is 49.8 Å². The summed E-state index contributed by atoms with van der Waals surface area (Å²) in [7, 11) is 0. The van der Waals surface area contributed by atoms with Gasteiger partial charge in [-0.2, -0.15) is 0 Å². The van der Waals surface area contributed by atoms with Crippen LogP contribution in [0.3, 0.4) is 0 Å². The first-order valence-corrected chi connectivity index (χ1v) is 14.6. The fourth-order valence-corrected chi connectivity index (χ4v) is 6.07. The summed E-state index contributed by atoms with van der Waals surface area (Å²) in [5.41, 5.74) is 0.973. The molecule has 0 atom stereocenters. The molecule has 0 unspecified atom stereocenters. The average Bonchev–Trinajstić information content (AvgIpc) is 3.69. The van der Waals surface area contributed by atoms with Crippen molar-refractivity contribution in [2.75, 3.05) is 0 Å². The van der Waals surface area contributed by atoms with Gasteiger partial charge in [0.15, 0.2) is 0 Å². The van der Waals surface area contributed by atoms with Crippen molar-refractivity contribution in [1.29, 1.82) is 0 Å². The Labute approximate surface area is 299 Å². The highest BCUT2D eigenvalue weighted by Crippen LogP contribution is 2.50. The molecule has 1 aromatic heterocycles. The van der Waals surface area contributed by atoms with E-state index in [2.05, 4.69) is 0 Å². The molecule has 1 nitrogen and oxygen atoms in total. The lowest BCUT2D eigenvalue weighted by Crippen LogP contribution is -1.91. The van der Waals surface area contributed by atoms with E-state index in [0.29, 0.717) is 5.56 Å². The third-order valence-corrected chi connectivity index (χ3v) is 8.09. The van der Waals surface area contributed by atoms with Crippen molar-refractivity contribution in [2.24, 2.45) is 0 Å². The quantitative estimate of drug-likeness (QED) is 0.175. The van der Waals surface area contributed by atoms with Crippen LogP contribution in [0.2, 0.25) is 0 Å². The summed E-state index contributed by atoms with van der Waals surface area (Å²) in [5, 5.41) is -1.19. The SMILES string of the molecule is [2H]c1c([2H])c([2H])c(-c2ccc3c(-c4c5c([2H])c([2H])c([2H])c([2H])c5c(-c5c([2H])c([2H])c([2H])c([2H])c5[2H])c5c([2H])c([2H])c([2H])c([2H])c45)c(-c4cccc(-c5ccccc5)c4)oc3c2)c([2H])c1[2H]. The zero-order valence-corrected chi connectivity index (χ0v) is 24.3. The largest absolute Gasteiger partial charge is 0.455 e. The standard InChI is InChI=1S/C46H30O/c1-4-15-31(16-5-1)34-21-14-22-36(29-34)46-45(41-28-27-35(30-42(41)47-46)32-17-6-2-7-18-32)44-39-25-12-10-23-37(39)43(33-19-8-3-9-20-33)38-24-11-13-26-40(38)44/h1-30H/i2D,3D,6D,7D,8D,9D,10D,11D,12D,13D,17D,18D,19D,20D,23D,24D,25D,26D. The monoisotopic (exact) mass is 616 g/mol. The van der Waals surface area contributed by atoms with Gasteiger partial charge in [0.2, 0.25) is 0 Å². The van der Waals surface area contributed by atoms with Crippen molar-refractivity contribution in [2.45, 2.75) is 0 Å². The molecule has 0 fully saturated rings. The lowest BCUT2D eigenvalue weighted by Gasteiger charge is -2.18. The minimum atomic E-state index is -0.788. The van der Waals surface area contributed by atoms with Gasteiger partial charge in [-0.1, -0.05) is 163 Å². The highest BCUT2D eigenvalue weighted by Gasteiger charge is 2.24. The highest BCUT2D eigenvalue weighted by molar-refractivity contribution is 6.25. The zero-order chi connectivity index (χ0) is 46.8. The first-order chi connectivity index (χ1) is 30.8. The van der Waals surface area contributed by atoms with Crippen molar-refractivity contribution >= 4 is 32.5 Å². The fraction of sp³-hybridized carbons (Fsp3) is 0. The van der Waals surface area contributed by atoms with E-state index in [0.717, 1.165) is 11.1 Å². The summed E-state index contributed by atoms with van der Waals surface area (Å²) in [4.78, 5) is 0. The fourth-order valence-electron chi connectivity index (χ4n) is 6.07. The van der Waals surface area contributed by atoms with E-state index in [1.54, 1.807) is 18.2 Å². The average molecular weight is 617 g/mol. The van der Waals surface area contributed by atoms with Crippen molar-refractivity contribution in [1.82, 2.24) is 0 Å². The van der Waals surface area contributed by atoms with Crippen LogP contribution in [0.1, 0.15) is 24.7 Å². The Balaban J connectivity index is 1.56. The third-order valence-electron chi connectivity index (χ3n) is 8.09. The molecule has 0 N–H and O–H groups in total. The molecule has 0 aliphatic carbocycles. The van der Waals surface area contributed by atoms with E-state index < -0.39 is 131 Å². The molecule has 1 heterocycles. The molecule has 0 amide bonds. The van der Waals surface area contributed by atoms with E-state index in [9.17, 15) is 5.48 Å². The topological polar surface area (TPSA) is 13.1 Å². The van der Waals surface area contributed by atoms with Gasteiger partial charge in [0.25, 0.3) is 0 Å². The molecule has 0 radical (unpaired) electrons. The summed E-state index contributed by atoms with van der Waals surface area (Å²) in [6.45, 7) is 0. The van der Waals surface area contributed by atoms with Gasteiger partial charge in [-0.15, -0.1) is 0 Å². The maximum Gasteiger partial charge on any atom is 0.143 e. The lowest BCUT2D eigenvalue weighted by molar-refractivity contribution is 0.632. The van der Waals surface area contributed by atoms with Crippen LogP contribution in [0.25, 0.3) is 88.3 Å². The maximum absolute atomic E-state index is 9.53. The Bertz CT molecular complexity index is 3440. The van der Waals surface area contributed by atoms with Crippen LogP contribution in [0.5, 0.6) is 0 Å². The predicted octanol–water partition coefficient (Wildman–Crippen LogP) is 13.1. The van der Waals surface area contributed by atoms with Gasteiger partial charge in [0.05, 0.1) is 24.7 Å². The number of furan rings is 1. The number of hydrogen-bond donors (Lipinski definition) is 0. The Kier molecular flexibility index (Phi) is 3.49. The molecule has 0 aliphatic heterocycles. The minimum absolute atomic E-state index is 0.0500. The Morgan fingerprint density at radius 1 is 0.340 bits per heavy atom. The minimum Gasteiger partial charge on any atom is -0.455 e. The maximum atomic E-state index is 9.53. The molecule has 0 spiro atoms. The van der Waals surface area contributed by atoms with Crippen LogP contribution >= 0.6 is 0 Å². The second kappa shape index (κ2) is 11.3. The van der Waals surface area contributed by atoms with E-state index >= 15 is 0 Å². The lowest BCUT2D eigenvalue weighted by atomic mass is 9.84. The van der Waals surface area contributed by atoms with Gasteiger partial charge in [-0.25, -0.2) is 0 Å². The third kappa shape index (κ3) is 4.64. The molecule has 0 saturated carbocycles. The highest BCUT2D eigenvalue weighted by atomic mass is 16.3.